The molecule has 1 aliphatic rings. The summed E-state index contributed by atoms with van der Waals surface area (Å²) < 4.78 is 11.4. The Labute approximate surface area is 157 Å². The minimum atomic E-state index is -0.753. The molecule has 0 N–H and O–H groups in total. The van der Waals surface area contributed by atoms with Gasteiger partial charge in [-0.2, -0.15) is 0 Å². The van der Waals surface area contributed by atoms with E-state index in [-0.39, 0.29) is 25.4 Å². The number of carbonyl (C=O) groups is 3. The van der Waals surface area contributed by atoms with Crippen molar-refractivity contribution < 1.29 is 23.9 Å². The predicted octanol–water partition coefficient (Wildman–Crippen LogP) is 2.51. The highest BCUT2D eigenvalue weighted by Crippen LogP contribution is 2.34. The molecule has 7 heteroatoms. The van der Waals surface area contributed by atoms with Gasteiger partial charge in [0.05, 0.1) is 25.7 Å². The van der Waals surface area contributed by atoms with E-state index in [0.717, 1.165) is 16.5 Å². The Hall–Kier alpha value is -2.96. The summed E-state index contributed by atoms with van der Waals surface area (Å²) in [6, 6.07) is 7.53. The van der Waals surface area contributed by atoms with Crippen molar-refractivity contribution in [2.45, 2.75) is 32.1 Å². The fourth-order valence-corrected chi connectivity index (χ4v) is 3.44. The number of para-hydroxylation sites is 1. The summed E-state index contributed by atoms with van der Waals surface area (Å²) in [5.74, 6) is -1.90. The number of benzene rings is 1. The third-order valence-electron chi connectivity index (χ3n) is 4.62. The number of nitrogens with zero attached hydrogens (tertiary/aromatic N) is 2. The first kappa shape index (κ1) is 18.8. The van der Waals surface area contributed by atoms with Crippen LogP contribution in [0.15, 0.2) is 29.3 Å². The smallest absolute Gasteiger partial charge is 0.320 e. The number of esters is 2. The van der Waals surface area contributed by atoms with E-state index < -0.39 is 17.9 Å². The number of hydrogen-bond donors (Lipinski definition) is 0. The lowest BCUT2D eigenvalue weighted by atomic mass is 10.00. The van der Waals surface area contributed by atoms with E-state index >= 15 is 0 Å². The molecular formula is C20H22N2O5. The molecule has 7 nitrogen and oxygen atoms in total. The van der Waals surface area contributed by atoms with Crippen LogP contribution in [-0.4, -0.2) is 48.9 Å². The number of hydrogen-bond acceptors (Lipinski definition) is 6. The summed E-state index contributed by atoms with van der Waals surface area (Å²) in [5.41, 5.74) is 2.24. The topological polar surface area (TPSA) is 87.0 Å². The van der Waals surface area contributed by atoms with E-state index in [9.17, 15) is 14.4 Å². The zero-order chi connectivity index (χ0) is 19.4. The number of methoxy groups -OCH3 is 1. The summed E-state index contributed by atoms with van der Waals surface area (Å²) in [6.45, 7) is 2.52. The molecule has 0 fully saturated rings. The molecule has 0 spiro atoms. The number of rotatable bonds is 5. The molecule has 0 bridgehead atoms. The van der Waals surface area contributed by atoms with Gasteiger partial charge in [0.15, 0.2) is 0 Å². The minimum absolute atomic E-state index is 0.00945. The van der Waals surface area contributed by atoms with Gasteiger partial charge in [-0.05, 0) is 25.0 Å². The molecule has 0 aliphatic carbocycles. The van der Waals surface area contributed by atoms with Gasteiger partial charge >= 0.3 is 11.9 Å². The van der Waals surface area contributed by atoms with Crippen molar-refractivity contribution in [3.05, 3.63) is 35.5 Å². The van der Waals surface area contributed by atoms with Gasteiger partial charge < -0.3 is 9.47 Å². The van der Waals surface area contributed by atoms with Crippen molar-refractivity contribution in [3.8, 4) is 0 Å². The van der Waals surface area contributed by atoms with Crippen LogP contribution in [0.5, 0.6) is 0 Å². The Morgan fingerprint density at radius 1 is 1.22 bits per heavy atom. The van der Waals surface area contributed by atoms with Crippen molar-refractivity contribution in [2.24, 2.45) is 4.99 Å². The summed E-state index contributed by atoms with van der Waals surface area (Å²) in [6.07, 6.45) is 2.16. The van der Waals surface area contributed by atoms with Gasteiger partial charge in [0, 0.05) is 30.3 Å². The van der Waals surface area contributed by atoms with E-state index in [1.165, 1.54) is 7.11 Å². The SMILES string of the molecule is CCOC(=O)C1C=NCCc2c1n(C(=O)CCC(=O)OC)c1ccccc21. The first-order valence-electron chi connectivity index (χ1n) is 8.97. The fraction of sp³-hybridized carbons (Fsp3) is 0.400. The number of ether oxygens (including phenoxy) is 2. The molecule has 1 unspecified atom stereocenters. The molecule has 142 valence electrons. The minimum Gasteiger partial charge on any atom is -0.469 e. The first-order chi connectivity index (χ1) is 13.1. The van der Waals surface area contributed by atoms with Gasteiger partial charge in [0.25, 0.3) is 0 Å². The quantitative estimate of drug-likeness (QED) is 0.755. The molecule has 0 amide bonds. The lowest BCUT2D eigenvalue weighted by Crippen LogP contribution is -2.24. The maximum absolute atomic E-state index is 13.0. The van der Waals surface area contributed by atoms with Crippen LogP contribution in [0.1, 0.15) is 41.7 Å². The number of fused-ring (bicyclic) bond motifs is 3. The van der Waals surface area contributed by atoms with Gasteiger partial charge in [-0.1, -0.05) is 18.2 Å². The van der Waals surface area contributed by atoms with E-state index in [0.29, 0.717) is 18.7 Å². The summed E-state index contributed by atoms with van der Waals surface area (Å²) >= 11 is 0. The zero-order valence-corrected chi connectivity index (χ0v) is 15.4. The average molecular weight is 370 g/mol. The van der Waals surface area contributed by atoms with E-state index in [1.54, 1.807) is 17.7 Å². The maximum Gasteiger partial charge on any atom is 0.320 e. The Kier molecular flexibility index (Phi) is 5.69. The van der Waals surface area contributed by atoms with Crippen molar-refractivity contribution in [2.75, 3.05) is 20.3 Å². The number of aliphatic imine (C=N–C) groups is 1. The lowest BCUT2D eigenvalue weighted by Gasteiger charge is -2.15. The highest BCUT2D eigenvalue weighted by atomic mass is 16.5. The lowest BCUT2D eigenvalue weighted by molar-refractivity contribution is -0.143. The van der Waals surface area contributed by atoms with Crippen LogP contribution < -0.4 is 0 Å². The molecule has 2 heterocycles. The Balaban J connectivity index is 2.14. The number of carbonyl (C=O) groups excluding carboxylic acids is 3. The summed E-state index contributed by atoms with van der Waals surface area (Å²) in [5, 5.41) is 0.915. The Morgan fingerprint density at radius 2 is 2.00 bits per heavy atom. The van der Waals surface area contributed by atoms with E-state index in [4.69, 9.17) is 4.74 Å². The summed E-state index contributed by atoms with van der Waals surface area (Å²) in [4.78, 5) is 41.4. The van der Waals surface area contributed by atoms with Crippen LogP contribution >= 0.6 is 0 Å². The first-order valence-corrected chi connectivity index (χ1v) is 8.97. The molecule has 1 aliphatic heterocycles. The van der Waals surface area contributed by atoms with Gasteiger partial charge in [0.2, 0.25) is 5.91 Å². The fourth-order valence-electron chi connectivity index (χ4n) is 3.44. The van der Waals surface area contributed by atoms with Crippen LogP contribution in [-0.2, 0) is 25.5 Å². The third-order valence-corrected chi connectivity index (χ3v) is 4.62. The van der Waals surface area contributed by atoms with Crippen molar-refractivity contribution >= 4 is 35.0 Å². The average Bonchev–Trinajstić information content (AvgIpc) is 2.84. The molecule has 2 aromatic rings. The van der Waals surface area contributed by atoms with Crippen LogP contribution in [0.4, 0.5) is 0 Å². The van der Waals surface area contributed by atoms with E-state index in [2.05, 4.69) is 9.73 Å². The highest BCUT2D eigenvalue weighted by molar-refractivity contribution is 6.03. The van der Waals surface area contributed by atoms with Gasteiger partial charge in [-0.15, -0.1) is 0 Å². The van der Waals surface area contributed by atoms with Crippen molar-refractivity contribution in [1.82, 2.24) is 4.57 Å². The second kappa shape index (κ2) is 8.16. The molecule has 0 saturated heterocycles. The normalized spacial score (nSPS) is 15.9. The molecule has 27 heavy (non-hydrogen) atoms. The zero-order valence-electron chi connectivity index (χ0n) is 15.4. The van der Waals surface area contributed by atoms with Crippen molar-refractivity contribution in [1.29, 1.82) is 0 Å². The predicted molar refractivity (Wildman–Crippen MR) is 100 cm³/mol. The number of aromatic nitrogens is 1. The summed E-state index contributed by atoms with van der Waals surface area (Å²) in [7, 11) is 1.29. The van der Waals surface area contributed by atoms with Gasteiger partial charge in [-0.3, -0.25) is 23.9 Å². The Morgan fingerprint density at radius 3 is 2.74 bits per heavy atom. The second-order valence-electron chi connectivity index (χ2n) is 6.22. The van der Waals surface area contributed by atoms with Crippen LogP contribution in [0, 0.1) is 0 Å². The molecule has 0 radical (unpaired) electrons. The maximum atomic E-state index is 13.0. The third kappa shape index (κ3) is 3.63. The monoisotopic (exact) mass is 370 g/mol. The standard InChI is InChI=1S/C20H22N2O5/c1-3-27-20(25)15-12-21-11-10-14-13-6-4-5-7-16(13)22(19(14)15)17(23)8-9-18(24)26-2/h4-7,12,15H,3,8-11H2,1-2H3. The highest BCUT2D eigenvalue weighted by Gasteiger charge is 2.32. The molecule has 0 saturated carbocycles. The molecule has 1 atom stereocenters. The van der Waals surface area contributed by atoms with Crippen molar-refractivity contribution in [3.63, 3.8) is 0 Å². The van der Waals surface area contributed by atoms with E-state index in [1.807, 2.05) is 24.3 Å². The molecule has 3 rings (SSSR count). The Bertz CT molecular complexity index is 912. The molecule has 1 aromatic heterocycles. The molecule has 1 aromatic carbocycles. The van der Waals surface area contributed by atoms with Crippen LogP contribution in [0.25, 0.3) is 10.9 Å². The van der Waals surface area contributed by atoms with Crippen LogP contribution in [0.2, 0.25) is 0 Å². The largest absolute Gasteiger partial charge is 0.469 e. The van der Waals surface area contributed by atoms with Gasteiger partial charge in [0.1, 0.15) is 5.92 Å². The van der Waals surface area contributed by atoms with Crippen LogP contribution in [0.3, 0.4) is 0 Å². The second-order valence-corrected chi connectivity index (χ2v) is 6.22. The molecular weight excluding hydrogens is 348 g/mol. The van der Waals surface area contributed by atoms with Gasteiger partial charge in [-0.25, -0.2) is 0 Å².